The number of piperidine rings is 1. The van der Waals surface area contributed by atoms with Gasteiger partial charge in [-0.25, -0.2) is 4.79 Å². The minimum atomic E-state index is -0.437. The third kappa shape index (κ3) is 5.94. The Hall–Kier alpha value is -1.71. The number of benzene rings is 1. The van der Waals surface area contributed by atoms with E-state index in [0.29, 0.717) is 12.5 Å². The smallest absolute Gasteiger partial charge is 0.410 e. The quantitative estimate of drug-likeness (QED) is 0.771. The van der Waals surface area contributed by atoms with Crippen molar-refractivity contribution >= 4 is 6.09 Å². The molecular weight excluding hydrogens is 314 g/mol. The van der Waals surface area contributed by atoms with Gasteiger partial charge in [0.25, 0.3) is 0 Å². The molecular formula is C21H33NO3. The van der Waals surface area contributed by atoms with Gasteiger partial charge in [0.15, 0.2) is 0 Å². The van der Waals surface area contributed by atoms with Crippen LogP contribution in [0.1, 0.15) is 59.9 Å². The van der Waals surface area contributed by atoms with Crippen LogP contribution in [0.3, 0.4) is 0 Å². The van der Waals surface area contributed by atoms with Crippen LogP contribution in [-0.2, 0) is 10.2 Å². The molecule has 1 aromatic carbocycles. The molecule has 0 unspecified atom stereocenters. The molecule has 1 saturated heterocycles. The van der Waals surface area contributed by atoms with Crippen LogP contribution < -0.4 is 4.74 Å². The van der Waals surface area contributed by atoms with Gasteiger partial charge in [0, 0.05) is 13.1 Å². The Morgan fingerprint density at radius 2 is 1.68 bits per heavy atom. The third-order valence-corrected chi connectivity index (χ3v) is 4.44. The SMILES string of the molecule is CC(C)(C)OC(=O)N1CCC(COc2ccccc2C(C)(C)C)CC1. The van der Waals surface area contributed by atoms with Crippen molar-refractivity contribution in [2.24, 2.45) is 5.92 Å². The van der Waals surface area contributed by atoms with Crippen LogP contribution in [0.25, 0.3) is 0 Å². The highest BCUT2D eigenvalue weighted by Crippen LogP contribution is 2.31. The zero-order valence-electron chi connectivity index (χ0n) is 16.6. The maximum atomic E-state index is 12.1. The van der Waals surface area contributed by atoms with Gasteiger partial charge < -0.3 is 14.4 Å². The molecule has 1 amide bonds. The van der Waals surface area contributed by atoms with E-state index in [0.717, 1.165) is 31.7 Å². The lowest BCUT2D eigenvalue weighted by atomic mass is 9.86. The molecule has 25 heavy (non-hydrogen) atoms. The van der Waals surface area contributed by atoms with Gasteiger partial charge in [-0.3, -0.25) is 0 Å². The predicted octanol–water partition coefficient (Wildman–Crippen LogP) is 5.01. The minimum Gasteiger partial charge on any atom is -0.493 e. The predicted molar refractivity (Wildman–Crippen MR) is 101 cm³/mol. The molecule has 1 aliphatic rings. The molecule has 4 heteroatoms. The monoisotopic (exact) mass is 347 g/mol. The fourth-order valence-electron chi connectivity index (χ4n) is 3.03. The summed E-state index contributed by atoms with van der Waals surface area (Å²) < 4.78 is 11.6. The number of nitrogens with zero attached hydrogens (tertiary/aromatic N) is 1. The number of hydrogen-bond acceptors (Lipinski definition) is 3. The molecule has 4 nitrogen and oxygen atoms in total. The summed E-state index contributed by atoms with van der Waals surface area (Å²) in [5.41, 5.74) is 0.867. The van der Waals surface area contributed by atoms with Crippen LogP contribution in [0.2, 0.25) is 0 Å². The molecule has 2 rings (SSSR count). The standard InChI is InChI=1S/C21H33NO3/c1-20(2,3)17-9-7-8-10-18(17)24-15-16-11-13-22(14-12-16)19(23)25-21(4,5)6/h7-10,16H,11-15H2,1-6H3. The molecule has 0 aliphatic carbocycles. The lowest BCUT2D eigenvalue weighted by molar-refractivity contribution is 0.0164. The summed E-state index contributed by atoms with van der Waals surface area (Å²) in [4.78, 5) is 13.9. The minimum absolute atomic E-state index is 0.0661. The van der Waals surface area contributed by atoms with Crippen molar-refractivity contribution < 1.29 is 14.3 Å². The first-order valence-electron chi connectivity index (χ1n) is 9.26. The van der Waals surface area contributed by atoms with Gasteiger partial charge in [0.2, 0.25) is 0 Å². The van der Waals surface area contributed by atoms with E-state index in [9.17, 15) is 4.79 Å². The van der Waals surface area contributed by atoms with E-state index in [1.807, 2.05) is 31.7 Å². The Morgan fingerprint density at radius 1 is 1.08 bits per heavy atom. The number of carbonyl (C=O) groups excluding carboxylic acids is 1. The molecule has 0 atom stereocenters. The van der Waals surface area contributed by atoms with Gasteiger partial charge in [0.05, 0.1) is 6.61 Å². The van der Waals surface area contributed by atoms with Crippen molar-refractivity contribution in [1.82, 2.24) is 4.90 Å². The summed E-state index contributed by atoms with van der Waals surface area (Å²) in [7, 11) is 0. The second-order valence-corrected chi connectivity index (χ2v) is 8.97. The van der Waals surface area contributed by atoms with Crippen molar-refractivity contribution in [1.29, 1.82) is 0 Å². The Labute approximate surface area is 152 Å². The average Bonchev–Trinajstić information content (AvgIpc) is 2.51. The summed E-state index contributed by atoms with van der Waals surface area (Å²) in [6.45, 7) is 14.5. The van der Waals surface area contributed by atoms with Crippen LogP contribution >= 0.6 is 0 Å². The van der Waals surface area contributed by atoms with Crippen LogP contribution in [-0.4, -0.2) is 36.3 Å². The molecule has 0 N–H and O–H groups in total. The summed E-state index contributed by atoms with van der Waals surface area (Å²) in [6.07, 6.45) is 1.71. The number of rotatable bonds is 3. The molecule has 0 bridgehead atoms. The van der Waals surface area contributed by atoms with Crippen LogP contribution in [0.5, 0.6) is 5.75 Å². The summed E-state index contributed by atoms with van der Waals surface area (Å²) in [5.74, 6) is 1.45. The van der Waals surface area contributed by atoms with Gasteiger partial charge in [-0.1, -0.05) is 39.0 Å². The van der Waals surface area contributed by atoms with E-state index in [1.165, 1.54) is 5.56 Å². The van der Waals surface area contributed by atoms with E-state index in [2.05, 4.69) is 39.0 Å². The maximum Gasteiger partial charge on any atom is 0.410 e. The number of carbonyl (C=O) groups is 1. The first-order valence-corrected chi connectivity index (χ1v) is 9.26. The fraction of sp³-hybridized carbons (Fsp3) is 0.667. The second kappa shape index (κ2) is 7.67. The zero-order chi connectivity index (χ0) is 18.7. The van der Waals surface area contributed by atoms with E-state index >= 15 is 0 Å². The number of para-hydroxylation sites is 1. The highest BCUT2D eigenvalue weighted by atomic mass is 16.6. The van der Waals surface area contributed by atoms with Gasteiger partial charge in [0.1, 0.15) is 11.4 Å². The molecule has 0 spiro atoms. The first-order chi connectivity index (χ1) is 11.6. The van der Waals surface area contributed by atoms with E-state index < -0.39 is 5.60 Å². The Morgan fingerprint density at radius 3 is 2.24 bits per heavy atom. The van der Waals surface area contributed by atoms with Crippen molar-refractivity contribution in [2.45, 2.75) is 65.4 Å². The lowest BCUT2D eigenvalue weighted by Gasteiger charge is -2.33. The number of likely N-dealkylation sites (tertiary alicyclic amines) is 1. The molecule has 1 aromatic rings. The fourth-order valence-corrected chi connectivity index (χ4v) is 3.03. The highest BCUT2D eigenvalue weighted by molar-refractivity contribution is 5.68. The van der Waals surface area contributed by atoms with Crippen molar-refractivity contribution in [3.05, 3.63) is 29.8 Å². The average molecular weight is 347 g/mol. The maximum absolute atomic E-state index is 12.1. The van der Waals surface area contributed by atoms with E-state index in [4.69, 9.17) is 9.47 Å². The summed E-state index contributed by atoms with van der Waals surface area (Å²) in [6, 6.07) is 8.28. The topological polar surface area (TPSA) is 38.8 Å². The molecule has 1 heterocycles. The van der Waals surface area contributed by atoms with Crippen LogP contribution in [0.4, 0.5) is 4.79 Å². The number of ether oxygens (including phenoxy) is 2. The Balaban J connectivity index is 1.85. The van der Waals surface area contributed by atoms with Crippen LogP contribution in [0.15, 0.2) is 24.3 Å². The molecule has 0 radical (unpaired) electrons. The van der Waals surface area contributed by atoms with E-state index in [-0.39, 0.29) is 11.5 Å². The van der Waals surface area contributed by atoms with Gasteiger partial charge in [-0.2, -0.15) is 0 Å². The van der Waals surface area contributed by atoms with Gasteiger partial charge >= 0.3 is 6.09 Å². The molecule has 0 saturated carbocycles. The summed E-state index contributed by atoms with van der Waals surface area (Å²) >= 11 is 0. The lowest BCUT2D eigenvalue weighted by Crippen LogP contribution is -2.42. The Bertz CT molecular complexity index is 576. The molecule has 1 fully saturated rings. The number of hydrogen-bond donors (Lipinski definition) is 0. The Kier molecular flexibility index (Phi) is 6.02. The van der Waals surface area contributed by atoms with Crippen molar-refractivity contribution in [3.8, 4) is 5.75 Å². The molecule has 1 aliphatic heterocycles. The first kappa shape index (κ1) is 19.6. The van der Waals surface area contributed by atoms with Gasteiger partial charge in [-0.05, 0) is 56.6 Å². The third-order valence-electron chi connectivity index (χ3n) is 4.44. The van der Waals surface area contributed by atoms with Crippen molar-refractivity contribution in [2.75, 3.05) is 19.7 Å². The zero-order valence-corrected chi connectivity index (χ0v) is 16.6. The second-order valence-electron chi connectivity index (χ2n) is 8.97. The number of amides is 1. The van der Waals surface area contributed by atoms with E-state index in [1.54, 1.807) is 0 Å². The highest BCUT2D eigenvalue weighted by Gasteiger charge is 2.27. The van der Waals surface area contributed by atoms with Gasteiger partial charge in [-0.15, -0.1) is 0 Å². The molecule has 0 aromatic heterocycles. The normalized spacial score (nSPS) is 16.6. The molecule has 140 valence electrons. The van der Waals surface area contributed by atoms with Crippen LogP contribution in [0, 0.1) is 5.92 Å². The summed E-state index contributed by atoms with van der Waals surface area (Å²) in [5, 5.41) is 0. The van der Waals surface area contributed by atoms with Crippen molar-refractivity contribution in [3.63, 3.8) is 0 Å². The largest absolute Gasteiger partial charge is 0.493 e.